The summed E-state index contributed by atoms with van der Waals surface area (Å²) in [4.78, 5) is 27.0. The van der Waals surface area contributed by atoms with Gasteiger partial charge in [0.25, 0.3) is 5.91 Å². The van der Waals surface area contributed by atoms with Gasteiger partial charge in [0.2, 0.25) is 0 Å². The molecule has 0 saturated carbocycles. The number of esters is 1. The van der Waals surface area contributed by atoms with Gasteiger partial charge in [-0.05, 0) is 36.4 Å². The second-order valence-corrected chi connectivity index (χ2v) is 4.43. The second-order valence-electron chi connectivity index (χ2n) is 4.04. The number of benzene rings is 1. The van der Waals surface area contributed by atoms with Crippen LogP contribution in [0.25, 0.3) is 0 Å². The van der Waals surface area contributed by atoms with Crippen molar-refractivity contribution in [2.75, 3.05) is 11.9 Å². The fraction of sp³-hybridized carbons (Fsp3) is 0.0714. The van der Waals surface area contributed by atoms with Gasteiger partial charge in [0.15, 0.2) is 6.61 Å². The lowest BCUT2D eigenvalue weighted by molar-refractivity contribution is -0.119. The highest BCUT2D eigenvalue weighted by molar-refractivity contribution is 6.29. The third kappa shape index (κ3) is 4.47. The van der Waals surface area contributed by atoms with E-state index >= 15 is 0 Å². The van der Waals surface area contributed by atoms with E-state index in [0.29, 0.717) is 5.69 Å². The number of pyridine rings is 1. The van der Waals surface area contributed by atoms with E-state index in [0.717, 1.165) is 0 Å². The Hall–Kier alpha value is -2.60. The maximum atomic E-state index is 11.7. The Morgan fingerprint density at radius 1 is 1.24 bits per heavy atom. The molecule has 0 saturated heterocycles. The lowest BCUT2D eigenvalue weighted by Gasteiger charge is -2.06. The van der Waals surface area contributed by atoms with Crippen molar-refractivity contribution in [1.29, 1.82) is 0 Å². The highest BCUT2D eigenvalue weighted by atomic mass is 35.5. The highest BCUT2D eigenvalue weighted by Crippen LogP contribution is 2.13. The summed E-state index contributed by atoms with van der Waals surface area (Å²) in [6, 6.07) is 8.70. The van der Waals surface area contributed by atoms with Gasteiger partial charge in [-0.25, -0.2) is 9.78 Å². The molecular weight excluding hydrogens is 296 g/mol. The van der Waals surface area contributed by atoms with Crippen LogP contribution in [0.1, 0.15) is 10.4 Å². The van der Waals surface area contributed by atoms with Gasteiger partial charge in [0.1, 0.15) is 10.9 Å². The van der Waals surface area contributed by atoms with Crippen LogP contribution in [0.3, 0.4) is 0 Å². The third-order valence-electron chi connectivity index (χ3n) is 2.45. The van der Waals surface area contributed by atoms with Crippen molar-refractivity contribution in [3.63, 3.8) is 0 Å². The van der Waals surface area contributed by atoms with Crippen LogP contribution in [0.15, 0.2) is 42.6 Å². The van der Waals surface area contributed by atoms with E-state index in [1.54, 1.807) is 0 Å². The molecule has 0 radical (unpaired) electrons. The molecule has 1 amide bonds. The van der Waals surface area contributed by atoms with Gasteiger partial charge >= 0.3 is 5.97 Å². The fourth-order valence-corrected chi connectivity index (χ4v) is 1.66. The Kier molecular flexibility index (Phi) is 4.73. The Balaban J connectivity index is 1.86. The molecule has 1 aromatic heterocycles. The third-order valence-corrected chi connectivity index (χ3v) is 2.65. The van der Waals surface area contributed by atoms with E-state index in [-0.39, 0.29) is 16.5 Å². The van der Waals surface area contributed by atoms with Crippen molar-refractivity contribution in [2.24, 2.45) is 0 Å². The largest absolute Gasteiger partial charge is 0.508 e. The van der Waals surface area contributed by atoms with E-state index in [2.05, 4.69) is 10.3 Å². The van der Waals surface area contributed by atoms with Crippen molar-refractivity contribution in [1.82, 2.24) is 4.98 Å². The Morgan fingerprint density at radius 3 is 2.62 bits per heavy atom. The maximum absolute atomic E-state index is 11.7. The Morgan fingerprint density at radius 2 is 1.95 bits per heavy atom. The van der Waals surface area contributed by atoms with Crippen LogP contribution < -0.4 is 5.32 Å². The number of nitrogens with one attached hydrogen (secondary N) is 1. The van der Waals surface area contributed by atoms with Gasteiger partial charge in [0, 0.05) is 11.9 Å². The van der Waals surface area contributed by atoms with Crippen LogP contribution >= 0.6 is 11.6 Å². The number of hydrogen-bond donors (Lipinski definition) is 2. The molecule has 2 rings (SSSR count). The number of carbonyl (C=O) groups is 2. The first kappa shape index (κ1) is 14.8. The minimum atomic E-state index is -0.667. The van der Waals surface area contributed by atoms with Gasteiger partial charge in [0.05, 0.1) is 5.56 Å². The molecule has 0 atom stereocenters. The number of halogens is 1. The molecule has 2 N–H and O–H groups in total. The standard InChI is InChI=1S/C14H11ClN2O4/c15-12-7-9(5-6-16-12)14(20)21-8-13(19)17-10-1-3-11(18)4-2-10/h1-7,18H,8H2,(H,17,19). The molecule has 0 unspecified atom stereocenters. The number of rotatable bonds is 4. The minimum Gasteiger partial charge on any atom is -0.508 e. The normalized spacial score (nSPS) is 9.95. The molecule has 0 aliphatic heterocycles. The summed E-state index contributed by atoms with van der Waals surface area (Å²) in [5, 5.41) is 11.8. The number of aromatic hydroxyl groups is 1. The summed E-state index contributed by atoms with van der Waals surface area (Å²) in [5.74, 6) is -1.07. The molecule has 7 heteroatoms. The summed E-state index contributed by atoms with van der Waals surface area (Å²) in [7, 11) is 0. The summed E-state index contributed by atoms with van der Waals surface area (Å²) < 4.78 is 4.85. The van der Waals surface area contributed by atoms with E-state index in [1.807, 2.05) is 0 Å². The van der Waals surface area contributed by atoms with E-state index in [4.69, 9.17) is 21.4 Å². The van der Waals surface area contributed by atoms with Crippen LogP contribution in [0, 0.1) is 0 Å². The first-order chi connectivity index (χ1) is 10.0. The van der Waals surface area contributed by atoms with Crippen molar-refractivity contribution >= 4 is 29.2 Å². The predicted octanol–water partition coefficient (Wildman–Crippen LogP) is 2.24. The van der Waals surface area contributed by atoms with Crippen molar-refractivity contribution in [3.8, 4) is 5.75 Å². The van der Waals surface area contributed by atoms with Crippen LogP contribution in [0.2, 0.25) is 5.15 Å². The van der Waals surface area contributed by atoms with Gasteiger partial charge in [-0.2, -0.15) is 0 Å². The number of phenolic OH excluding ortho intramolecular Hbond substituents is 1. The maximum Gasteiger partial charge on any atom is 0.338 e. The average Bonchev–Trinajstić information content (AvgIpc) is 2.47. The van der Waals surface area contributed by atoms with E-state index < -0.39 is 18.5 Å². The first-order valence-electron chi connectivity index (χ1n) is 5.92. The van der Waals surface area contributed by atoms with Gasteiger partial charge in [-0.1, -0.05) is 11.6 Å². The molecule has 0 aliphatic rings. The molecule has 2 aromatic rings. The molecule has 1 heterocycles. The Bertz CT molecular complexity index is 658. The number of anilines is 1. The van der Waals surface area contributed by atoms with Crippen molar-refractivity contribution in [3.05, 3.63) is 53.3 Å². The Labute approximate surface area is 125 Å². The molecule has 0 fully saturated rings. The lowest BCUT2D eigenvalue weighted by Crippen LogP contribution is -2.20. The van der Waals surface area contributed by atoms with Crippen LogP contribution in [0.5, 0.6) is 5.75 Å². The summed E-state index contributed by atoms with van der Waals surface area (Å²) in [6.45, 7) is -0.431. The number of hydrogen-bond acceptors (Lipinski definition) is 5. The van der Waals surface area contributed by atoms with Crippen LogP contribution in [-0.2, 0) is 9.53 Å². The van der Waals surface area contributed by atoms with Gasteiger partial charge in [-0.3, -0.25) is 4.79 Å². The zero-order valence-corrected chi connectivity index (χ0v) is 11.5. The number of aromatic nitrogens is 1. The monoisotopic (exact) mass is 306 g/mol. The predicted molar refractivity (Wildman–Crippen MR) is 76.3 cm³/mol. The quantitative estimate of drug-likeness (QED) is 0.514. The van der Waals surface area contributed by atoms with Crippen molar-refractivity contribution < 1.29 is 19.4 Å². The lowest BCUT2D eigenvalue weighted by atomic mass is 10.3. The average molecular weight is 307 g/mol. The molecular formula is C14H11ClN2O4. The first-order valence-corrected chi connectivity index (χ1v) is 6.30. The second kappa shape index (κ2) is 6.71. The number of phenols is 1. The smallest absolute Gasteiger partial charge is 0.338 e. The van der Waals surface area contributed by atoms with Crippen molar-refractivity contribution in [2.45, 2.75) is 0 Å². The zero-order valence-electron chi connectivity index (χ0n) is 10.7. The summed E-state index contributed by atoms with van der Waals surface area (Å²) in [6.07, 6.45) is 1.37. The van der Waals surface area contributed by atoms with Crippen LogP contribution in [-0.4, -0.2) is 28.6 Å². The van der Waals surface area contributed by atoms with E-state index in [9.17, 15) is 9.59 Å². The zero-order chi connectivity index (χ0) is 15.2. The number of carbonyl (C=O) groups excluding carboxylic acids is 2. The van der Waals surface area contributed by atoms with E-state index in [1.165, 1.54) is 42.6 Å². The summed E-state index contributed by atoms with van der Waals surface area (Å²) in [5.41, 5.74) is 0.702. The molecule has 21 heavy (non-hydrogen) atoms. The van der Waals surface area contributed by atoms with Crippen LogP contribution in [0.4, 0.5) is 5.69 Å². The molecule has 0 aliphatic carbocycles. The topological polar surface area (TPSA) is 88.5 Å². The highest BCUT2D eigenvalue weighted by Gasteiger charge is 2.11. The number of ether oxygens (including phenoxy) is 1. The molecule has 6 nitrogen and oxygen atoms in total. The van der Waals surface area contributed by atoms with Gasteiger partial charge < -0.3 is 15.2 Å². The number of amides is 1. The molecule has 1 aromatic carbocycles. The fourth-order valence-electron chi connectivity index (χ4n) is 1.49. The minimum absolute atomic E-state index is 0.0917. The molecule has 0 spiro atoms. The molecule has 0 bridgehead atoms. The number of nitrogens with zero attached hydrogens (tertiary/aromatic N) is 1. The van der Waals surface area contributed by atoms with Gasteiger partial charge in [-0.15, -0.1) is 0 Å². The summed E-state index contributed by atoms with van der Waals surface area (Å²) >= 11 is 5.65. The SMILES string of the molecule is O=C(COC(=O)c1ccnc(Cl)c1)Nc1ccc(O)cc1. The molecule has 108 valence electrons.